The number of carbonyl (C=O) groups excluding carboxylic acids is 6. The Bertz CT molecular complexity index is 6120. The third kappa shape index (κ3) is 20.1. The average molecular weight is 1940 g/mol. The SMILES string of the molecule is COC(=O)C1=C(CN2CCN3C(=O)N(C(CC(=O)O)c4ccccc4)C[C@@H]3C2)NC(c2nccs2)=N[C@H]1c1ccc(F)cc1Cl.COC(=O)C1=C(CN2CCN3C(=O)N([C@H](Cc4ccccc4)C(=O)O)CC3C2)NC(c2nccs2)=N[C@H]1c1ccc(F)cc1Cl.COC(=O)C1=C(CN2CCN3C(=O)N(c4ncc(C(=O)O)s4)C[C@@H]3C2)NC(c2nccs2)=N[C@H]1c1ccc(F)cc1Cl. The van der Waals surface area contributed by atoms with Crippen LogP contribution in [0.3, 0.4) is 0 Å². The molecular formula is C88H83Cl3F3N19O15S4. The number of fused-ring (bicyclic) bond motifs is 3. The predicted molar refractivity (Wildman–Crippen MR) is 485 cm³/mol. The maximum Gasteiger partial charge on any atom is 0.347 e. The zero-order valence-corrected chi connectivity index (χ0v) is 76.0. The summed E-state index contributed by atoms with van der Waals surface area (Å²) in [6.07, 6.45) is 6.20. The fourth-order valence-electron chi connectivity index (χ4n) is 17.5. The number of carboxylic acid groups (broad SMARTS) is 3. The molecule has 6 N–H and O–H groups in total. The number of thiazole rings is 4. The van der Waals surface area contributed by atoms with Crippen LogP contribution in [0.25, 0.3) is 0 Å². The van der Waals surface area contributed by atoms with Crippen molar-refractivity contribution < 1.29 is 85.9 Å². The molecule has 6 fully saturated rings. The van der Waals surface area contributed by atoms with Gasteiger partial charge in [0.25, 0.3) is 0 Å². The van der Waals surface area contributed by atoms with Gasteiger partial charge in [0.05, 0.1) is 81.4 Å². The first-order valence-electron chi connectivity index (χ1n) is 41.3. The summed E-state index contributed by atoms with van der Waals surface area (Å²) >= 11 is 24.4. The first kappa shape index (κ1) is 92.7. The Balaban J connectivity index is 0.000000145. The largest absolute Gasteiger partial charge is 0.481 e. The van der Waals surface area contributed by atoms with E-state index >= 15 is 0 Å². The van der Waals surface area contributed by atoms with E-state index in [-0.39, 0.29) is 98.8 Å². The van der Waals surface area contributed by atoms with Gasteiger partial charge in [-0.25, -0.2) is 71.5 Å². The number of hydrogen-bond donors (Lipinski definition) is 6. The second-order valence-electron chi connectivity index (χ2n) is 31.6. The minimum atomic E-state index is -1.09. The Kier molecular flexibility index (Phi) is 28.5. The minimum absolute atomic E-state index is 0.0588. The number of anilines is 1. The molecule has 0 saturated carbocycles. The monoisotopic (exact) mass is 1940 g/mol. The van der Waals surface area contributed by atoms with Crippen LogP contribution < -0.4 is 20.9 Å². The number of amidine groups is 3. The fourth-order valence-corrected chi connectivity index (χ4v) is 20.8. The van der Waals surface area contributed by atoms with Gasteiger partial charge in [-0.2, -0.15) is 0 Å². The van der Waals surface area contributed by atoms with E-state index < -0.39 is 83.5 Å². The van der Waals surface area contributed by atoms with Gasteiger partial charge >= 0.3 is 53.9 Å². The molecule has 9 aliphatic rings. The lowest BCUT2D eigenvalue weighted by Crippen LogP contribution is -2.53. The Morgan fingerprint density at radius 2 is 0.871 bits per heavy atom. The van der Waals surface area contributed by atoms with Gasteiger partial charge in [0, 0.05) is 182 Å². The fraction of sp³-hybridized carbons (Fsp3) is 0.318. The zero-order valence-electron chi connectivity index (χ0n) is 70.4. The van der Waals surface area contributed by atoms with E-state index in [4.69, 9.17) is 64.0 Å². The molecule has 34 nitrogen and oxygen atoms in total. The van der Waals surface area contributed by atoms with Crippen LogP contribution in [0.1, 0.15) is 83.1 Å². The number of carboxylic acids is 3. The highest BCUT2D eigenvalue weighted by Gasteiger charge is 2.50. The highest BCUT2D eigenvalue weighted by molar-refractivity contribution is 7.17. The molecule has 9 aliphatic heterocycles. The van der Waals surface area contributed by atoms with Crippen molar-refractivity contribution in [3.8, 4) is 0 Å². The molecule has 44 heteroatoms. The van der Waals surface area contributed by atoms with Crippen LogP contribution in [0, 0.1) is 17.5 Å². The molecule has 0 bridgehead atoms. The number of aromatic carboxylic acids is 1. The summed E-state index contributed by atoms with van der Waals surface area (Å²) in [4.78, 5) is 163. The molecule has 0 aliphatic carbocycles. The number of halogens is 6. The first-order chi connectivity index (χ1) is 63.7. The van der Waals surface area contributed by atoms with Crippen LogP contribution >= 0.6 is 80.1 Å². The predicted octanol–water partition coefficient (Wildman–Crippen LogP) is 10.9. The van der Waals surface area contributed by atoms with Gasteiger partial charge in [-0.1, -0.05) is 125 Å². The van der Waals surface area contributed by atoms with E-state index in [0.29, 0.717) is 157 Å². The number of ether oxygens (including phenoxy) is 3. The maximum atomic E-state index is 14.0. The first-order valence-corrected chi connectivity index (χ1v) is 45.9. The summed E-state index contributed by atoms with van der Waals surface area (Å²) in [7, 11) is 3.85. The number of piperazine rings is 3. The van der Waals surface area contributed by atoms with Gasteiger partial charge in [0.15, 0.2) is 37.7 Å². The molecule has 686 valence electrons. The minimum Gasteiger partial charge on any atom is -0.481 e. The number of nitrogens with zero attached hydrogens (tertiary/aromatic N) is 16. The van der Waals surface area contributed by atoms with E-state index in [2.05, 4.69) is 50.6 Å². The number of amides is 6. The molecule has 13 heterocycles. The van der Waals surface area contributed by atoms with Crippen molar-refractivity contribution in [2.45, 2.75) is 61.2 Å². The van der Waals surface area contributed by atoms with Crippen molar-refractivity contribution in [2.24, 2.45) is 15.0 Å². The lowest BCUT2D eigenvalue weighted by atomic mass is 9.95. The molecular weight excluding hydrogens is 1850 g/mol. The van der Waals surface area contributed by atoms with Crippen molar-refractivity contribution in [1.82, 2.24) is 75.1 Å². The molecule has 2 unspecified atom stereocenters. The van der Waals surface area contributed by atoms with Crippen molar-refractivity contribution in [1.29, 1.82) is 0 Å². The summed E-state index contributed by atoms with van der Waals surface area (Å²) in [6, 6.07) is 24.7. The number of carbonyl (C=O) groups is 9. The normalized spacial score (nSPS) is 20.9. The van der Waals surface area contributed by atoms with Crippen LogP contribution in [-0.4, -0.2) is 290 Å². The number of rotatable bonds is 25. The summed E-state index contributed by atoms with van der Waals surface area (Å²) in [5, 5.41) is 46.7. The van der Waals surface area contributed by atoms with Gasteiger partial charge in [-0.3, -0.25) is 39.4 Å². The number of hydrogen-bond acceptors (Lipinski definition) is 29. The standard InChI is InChI=1S/2C31H30ClFN6O5S.C26H23ClFN7O5S2/c1-44-30(42)26-23(35-28(29-34-9-12-45-29)36-27(26)21-8-7-19(33)13-22(21)32)17-37-10-11-38-20(15-37)16-39(31(38)43)24(14-25(40)41)18-5-3-2-4-6-18;1-44-30(42)25-23(35-27(28-34-9-12-45-28)36-26(25)21-8-7-19(33)14-22(21)32)17-37-10-11-38-20(15-37)16-39(31(38)43)24(29(40)41)13-18-5-3-2-4-6-18;1-40-24(38)19-17(31-21(22-29-4-7-41-22)32-20(19)15-3-2-13(28)8-16(15)27)12-33-5-6-34-14(10-33)11-35(26(34)39)25-30-9-18(42-25)23(36)37/h2-9,12-13,20,24,27H,10-11,14-17H2,1H3,(H,35,36)(H,40,41);2-9,12,14,20,24,26H,10-11,13,15-17H2,1H3,(H,35,36)(H,40,41);2-4,7-9,14,20H,5-6,10-12H2,1H3,(H,31,32)(H,36,37)/t20-,24?,27-;20?,24-,26+;14-,20-/m010/s1. The topological polar surface area (TPSA) is 396 Å². The summed E-state index contributed by atoms with van der Waals surface area (Å²) < 4.78 is 57.4. The number of nitrogens with one attached hydrogen (secondary N) is 3. The molecule has 6 amide bonds. The molecule has 6 saturated heterocycles. The van der Waals surface area contributed by atoms with Crippen LogP contribution in [0.15, 0.2) is 205 Å². The smallest absolute Gasteiger partial charge is 0.347 e. The third-order valence-electron chi connectivity index (χ3n) is 23.6. The van der Waals surface area contributed by atoms with Crippen LogP contribution in [0.5, 0.6) is 0 Å². The second kappa shape index (κ2) is 40.6. The average Bonchev–Trinajstić information content (AvgIpc) is 1.44. The Labute approximate surface area is 783 Å². The number of methoxy groups -OCH3 is 3. The molecule has 0 radical (unpaired) electrons. The summed E-state index contributed by atoms with van der Waals surface area (Å²) in [6.45, 7) is 6.00. The molecule has 5 aromatic carbocycles. The summed E-state index contributed by atoms with van der Waals surface area (Å²) in [5.74, 6) is -5.18. The van der Waals surface area contributed by atoms with Crippen LogP contribution in [0.2, 0.25) is 15.1 Å². The third-order valence-corrected chi connectivity index (χ3v) is 27.9. The summed E-state index contributed by atoms with van der Waals surface area (Å²) in [5.41, 5.74) is 5.23. The quantitative estimate of drug-likeness (QED) is 0.0229. The highest BCUT2D eigenvalue weighted by Crippen LogP contribution is 2.43. The molecule has 4 aromatic heterocycles. The van der Waals surface area contributed by atoms with Gasteiger partial charge in [0.2, 0.25) is 0 Å². The number of aliphatic carboxylic acids is 2. The van der Waals surface area contributed by atoms with Gasteiger partial charge in [-0.05, 0) is 47.5 Å². The number of esters is 3. The van der Waals surface area contributed by atoms with E-state index in [1.807, 2.05) is 76.8 Å². The second-order valence-corrected chi connectivity index (χ2v) is 36.5. The lowest BCUT2D eigenvalue weighted by molar-refractivity contribution is -0.142. The highest BCUT2D eigenvalue weighted by atomic mass is 35.5. The van der Waals surface area contributed by atoms with E-state index in [1.54, 1.807) is 38.2 Å². The Morgan fingerprint density at radius 3 is 1.23 bits per heavy atom. The van der Waals surface area contributed by atoms with Crippen molar-refractivity contribution in [2.75, 3.05) is 124 Å². The van der Waals surface area contributed by atoms with Crippen molar-refractivity contribution in [3.05, 3.63) is 270 Å². The van der Waals surface area contributed by atoms with Gasteiger partial charge < -0.3 is 70.0 Å². The van der Waals surface area contributed by atoms with Crippen molar-refractivity contribution >= 4 is 157 Å². The van der Waals surface area contributed by atoms with E-state index in [0.717, 1.165) is 22.5 Å². The number of urea groups is 3. The maximum absolute atomic E-state index is 14.0. The van der Waals surface area contributed by atoms with Gasteiger partial charge in [0.1, 0.15) is 46.5 Å². The molecule has 132 heavy (non-hydrogen) atoms. The lowest BCUT2D eigenvalue weighted by Gasteiger charge is -2.38. The number of benzene rings is 5. The van der Waals surface area contributed by atoms with Crippen molar-refractivity contribution in [3.63, 3.8) is 0 Å². The Hall–Kier alpha value is -12.6. The molecule has 8 atom stereocenters. The van der Waals surface area contributed by atoms with Crippen LogP contribution in [0.4, 0.5) is 32.7 Å². The zero-order chi connectivity index (χ0) is 92.9. The molecule has 18 rings (SSSR count). The molecule has 9 aromatic rings. The number of aliphatic imine (C=N–C) groups is 3. The van der Waals surface area contributed by atoms with E-state index in [9.17, 15) is 71.6 Å². The number of aromatic nitrogens is 4. The molecule has 0 spiro atoms. The van der Waals surface area contributed by atoms with E-state index in [1.165, 1.54) is 126 Å². The van der Waals surface area contributed by atoms with Gasteiger partial charge in [-0.15, -0.1) is 34.0 Å². The van der Waals surface area contributed by atoms with Crippen LogP contribution in [-0.2, 0) is 44.6 Å². The Morgan fingerprint density at radius 1 is 0.485 bits per heavy atom.